The summed E-state index contributed by atoms with van der Waals surface area (Å²) in [4.78, 5) is 37.2. The van der Waals surface area contributed by atoms with Crippen LogP contribution in [0.3, 0.4) is 0 Å². The molecule has 0 saturated carbocycles. The van der Waals surface area contributed by atoms with E-state index in [2.05, 4.69) is 0 Å². The molecule has 7 heteroatoms. The zero-order chi connectivity index (χ0) is 19.2. The highest BCUT2D eigenvalue weighted by atomic mass is 16.6. The van der Waals surface area contributed by atoms with Crippen molar-refractivity contribution in [3.63, 3.8) is 0 Å². The highest BCUT2D eigenvalue weighted by Crippen LogP contribution is 2.22. The van der Waals surface area contributed by atoms with Crippen molar-refractivity contribution in [2.45, 2.75) is 6.92 Å². The predicted octanol–water partition coefficient (Wildman–Crippen LogP) is 2.30. The Hall–Kier alpha value is -3.35. The highest BCUT2D eigenvalue weighted by molar-refractivity contribution is 6.22. The summed E-state index contributed by atoms with van der Waals surface area (Å²) >= 11 is 0. The standard InChI is InChI=1S/C20H19NO6/c1-2-25-14-7-9-15(10-8-14)26-11-12-27-18(22)13-21-19(23)16-5-3-4-6-17(16)20(21)24/h3-10H,2,11-13H2,1H3. The molecule has 3 rings (SSSR count). The number of benzene rings is 2. The van der Waals surface area contributed by atoms with Gasteiger partial charge in [-0.15, -0.1) is 0 Å². The lowest BCUT2D eigenvalue weighted by atomic mass is 10.1. The third-order valence-corrected chi connectivity index (χ3v) is 3.92. The molecule has 140 valence electrons. The zero-order valence-corrected chi connectivity index (χ0v) is 14.8. The number of hydrogen-bond donors (Lipinski definition) is 0. The van der Waals surface area contributed by atoms with Crippen molar-refractivity contribution in [3.05, 3.63) is 59.7 Å². The number of carbonyl (C=O) groups is 3. The molecule has 27 heavy (non-hydrogen) atoms. The first-order valence-electron chi connectivity index (χ1n) is 8.56. The summed E-state index contributed by atoms with van der Waals surface area (Å²) in [5.41, 5.74) is 0.600. The number of hydrogen-bond acceptors (Lipinski definition) is 6. The molecule has 1 heterocycles. The second-order valence-corrected chi connectivity index (χ2v) is 5.72. The van der Waals surface area contributed by atoms with Gasteiger partial charge in [-0.2, -0.15) is 0 Å². The Morgan fingerprint density at radius 3 is 1.96 bits per heavy atom. The number of fused-ring (bicyclic) bond motifs is 1. The zero-order valence-electron chi connectivity index (χ0n) is 14.8. The Kier molecular flexibility index (Phi) is 5.71. The minimum Gasteiger partial charge on any atom is -0.494 e. The van der Waals surface area contributed by atoms with Gasteiger partial charge in [-0.05, 0) is 43.3 Å². The molecule has 7 nitrogen and oxygen atoms in total. The van der Waals surface area contributed by atoms with Gasteiger partial charge in [-0.25, -0.2) is 0 Å². The molecule has 1 aliphatic rings. The molecule has 2 aromatic rings. The van der Waals surface area contributed by atoms with Gasteiger partial charge in [-0.3, -0.25) is 19.3 Å². The fourth-order valence-electron chi connectivity index (χ4n) is 2.67. The first-order chi connectivity index (χ1) is 13.1. The minimum absolute atomic E-state index is 0.00914. The van der Waals surface area contributed by atoms with Crippen molar-refractivity contribution in [1.82, 2.24) is 4.90 Å². The summed E-state index contributed by atoms with van der Waals surface area (Å²) in [5, 5.41) is 0. The lowest BCUT2D eigenvalue weighted by molar-refractivity contribution is -0.144. The molecule has 0 spiro atoms. The van der Waals surface area contributed by atoms with Crippen LogP contribution in [0, 0.1) is 0 Å². The molecule has 1 aliphatic heterocycles. The summed E-state index contributed by atoms with van der Waals surface area (Å²) in [5.74, 6) is -0.275. The normalized spacial score (nSPS) is 12.7. The van der Waals surface area contributed by atoms with Crippen molar-refractivity contribution >= 4 is 17.8 Å². The van der Waals surface area contributed by atoms with Gasteiger partial charge in [-0.1, -0.05) is 12.1 Å². The van der Waals surface area contributed by atoms with Gasteiger partial charge in [0.25, 0.3) is 11.8 Å². The summed E-state index contributed by atoms with van der Waals surface area (Å²) in [6.45, 7) is 2.23. The van der Waals surface area contributed by atoms with E-state index in [1.807, 2.05) is 6.92 Å². The average molecular weight is 369 g/mol. The molecular formula is C20H19NO6. The van der Waals surface area contributed by atoms with Crippen molar-refractivity contribution in [1.29, 1.82) is 0 Å². The van der Waals surface area contributed by atoms with Crippen LogP contribution in [0.4, 0.5) is 0 Å². The van der Waals surface area contributed by atoms with E-state index in [0.717, 1.165) is 10.6 Å². The minimum atomic E-state index is -0.667. The fraction of sp³-hybridized carbons (Fsp3) is 0.250. The van der Waals surface area contributed by atoms with E-state index in [4.69, 9.17) is 14.2 Å². The number of nitrogens with zero attached hydrogens (tertiary/aromatic N) is 1. The molecular weight excluding hydrogens is 350 g/mol. The number of ether oxygens (including phenoxy) is 3. The molecule has 0 bridgehead atoms. The SMILES string of the molecule is CCOc1ccc(OCCOC(=O)CN2C(=O)c3ccccc3C2=O)cc1. The lowest BCUT2D eigenvalue weighted by Crippen LogP contribution is -2.36. The third-order valence-electron chi connectivity index (χ3n) is 3.92. The van der Waals surface area contributed by atoms with Crippen LogP contribution in [0.1, 0.15) is 27.6 Å². The maximum absolute atomic E-state index is 12.2. The second-order valence-electron chi connectivity index (χ2n) is 5.72. The van der Waals surface area contributed by atoms with Crippen molar-refractivity contribution in [3.8, 4) is 11.5 Å². The summed E-state index contributed by atoms with van der Waals surface area (Å²) < 4.78 is 15.9. The monoisotopic (exact) mass is 369 g/mol. The smallest absolute Gasteiger partial charge is 0.326 e. The predicted molar refractivity (Wildman–Crippen MR) is 95.9 cm³/mol. The molecule has 0 N–H and O–H groups in total. The molecule has 0 aromatic heterocycles. The van der Waals surface area contributed by atoms with Crippen LogP contribution in [0.25, 0.3) is 0 Å². The number of carbonyl (C=O) groups excluding carboxylic acids is 3. The van der Waals surface area contributed by atoms with E-state index < -0.39 is 24.3 Å². The number of imide groups is 1. The number of amides is 2. The Bertz CT molecular complexity index is 811. The van der Waals surface area contributed by atoms with Gasteiger partial charge in [0, 0.05) is 0 Å². The molecule has 2 aromatic carbocycles. The fourth-order valence-corrected chi connectivity index (χ4v) is 2.67. The van der Waals surface area contributed by atoms with E-state index in [1.165, 1.54) is 0 Å². The van der Waals surface area contributed by atoms with Crippen LogP contribution in [0.15, 0.2) is 48.5 Å². The second kappa shape index (κ2) is 8.35. The molecule has 0 unspecified atom stereocenters. The average Bonchev–Trinajstić information content (AvgIpc) is 2.92. The van der Waals surface area contributed by atoms with E-state index in [-0.39, 0.29) is 13.2 Å². The van der Waals surface area contributed by atoms with Gasteiger partial charge in [0.05, 0.1) is 17.7 Å². The van der Waals surface area contributed by atoms with Gasteiger partial charge in [0.2, 0.25) is 0 Å². The molecule has 0 atom stereocenters. The maximum Gasteiger partial charge on any atom is 0.326 e. The van der Waals surface area contributed by atoms with Gasteiger partial charge in [0.15, 0.2) is 0 Å². The van der Waals surface area contributed by atoms with Crippen LogP contribution < -0.4 is 9.47 Å². The van der Waals surface area contributed by atoms with Gasteiger partial charge < -0.3 is 14.2 Å². The molecule has 2 amide bonds. The molecule has 0 radical (unpaired) electrons. The van der Waals surface area contributed by atoms with Crippen LogP contribution in [-0.4, -0.2) is 49.0 Å². The number of esters is 1. The Morgan fingerprint density at radius 2 is 1.41 bits per heavy atom. The molecule has 0 fully saturated rings. The van der Waals surface area contributed by atoms with E-state index in [1.54, 1.807) is 48.5 Å². The first kappa shape index (κ1) is 18.4. The largest absolute Gasteiger partial charge is 0.494 e. The molecule has 0 aliphatic carbocycles. The van der Waals surface area contributed by atoms with Crippen LogP contribution in [0.2, 0.25) is 0 Å². The van der Waals surface area contributed by atoms with Crippen molar-refractivity contribution in [2.75, 3.05) is 26.4 Å². The summed E-state index contributed by atoms with van der Waals surface area (Å²) in [6.07, 6.45) is 0. The van der Waals surface area contributed by atoms with Gasteiger partial charge >= 0.3 is 5.97 Å². The van der Waals surface area contributed by atoms with Crippen molar-refractivity contribution in [2.24, 2.45) is 0 Å². The number of rotatable bonds is 8. The summed E-state index contributed by atoms with van der Waals surface area (Å²) in [6, 6.07) is 13.5. The van der Waals surface area contributed by atoms with E-state index in [9.17, 15) is 14.4 Å². The highest BCUT2D eigenvalue weighted by Gasteiger charge is 2.36. The van der Waals surface area contributed by atoms with E-state index in [0.29, 0.717) is 23.5 Å². The topological polar surface area (TPSA) is 82.1 Å². The van der Waals surface area contributed by atoms with E-state index >= 15 is 0 Å². The summed E-state index contributed by atoms with van der Waals surface area (Å²) in [7, 11) is 0. The van der Waals surface area contributed by atoms with Crippen LogP contribution in [-0.2, 0) is 9.53 Å². The van der Waals surface area contributed by atoms with Crippen LogP contribution in [0.5, 0.6) is 11.5 Å². The Labute approximate surface area is 156 Å². The van der Waals surface area contributed by atoms with Crippen molar-refractivity contribution < 1.29 is 28.6 Å². The van der Waals surface area contributed by atoms with Crippen LogP contribution >= 0.6 is 0 Å². The first-order valence-corrected chi connectivity index (χ1v) is 8.56. The Balaban J connectivity index is 1.43. The quantitative estimate of drug-likeness (QED) is 0.403. The lowest BCUT2D eigenvalue weighted by Gasteiger charge is -2.13. The maximum atomic E-state index is 12.2. The Morgan fingerprint density at radius 1 is 0.852 bits per heavy atom. The molecule has 0 saturated heterocycles. The third kappa shape index (κ3) is 4.25. The van der Waals surface area contributed by atoms with Gasteiger partial charge in [0.1, 0.15) is 31.3 Å².